The first-order valence-corrected chi connectivity index (χ1v) is 19.3. The van der Waals surface area contributed by atoms with Crippen LogP contribution in [-0.2, 0) is 32.6 Å². The van der Waals surface area contributed by atoms with E-state index in [2.05, 4.69) is 14.5 Å². The Morgan fingerprint density at radius 2 is 1.73 bits per heavy atom. The Labute approximate surface area is 269 Å². The van der Waals surface area contributed by atoms with Crippen LogP contribution in [0.2, 0.25) is 0 Å². The Morgan fingerprint density at radius 1 is 1.09 bits per heavy atom. The minimum absolute atomic E-state index is 0.0244. The van der Waals surface area contributed by atoms with E-state index in [-0.39, 0.29) is 44.4 Å². The summed E-state index contributed by atoms with van der Waals surface area (Å²) in [5, 5.41) is 0. The number of nitrogens with zero attached hydrogens (tertiary/aromatic N) is 3. The van der Waals surface area contributed by atoms with Crippen molar-refractivity contribution in [3.05, 3.63) is 44.0 Å². The van der Waals surface area contributed by atoms with Crippen molar-refractivity contribution in [3.8, 4) is 0 Å². The third kappa shape index (κ3) is 11.1. The molecule has 1 saturated heterocycles. The summed E-state index contributed by atoms with van der Waals surface area (Å²) in [5.74, 6) is 0.175. The predicted molar refractivity (Wildman–Crippen MR) is 176 cm³/mol. The molecule has 45 heavy (non-hydrogen) atoms. The first-order chi connectivity index (χ1) is 21.0. The van der Waals surface area contributed by atoms with E-state index in [0.717, 1.165) is 0 Å². The quantitative estimate of drug-likeness (QED) is 0.127. The second-order valence-electron chi connectivity index (χ2n) is 12.8. The normalized spacial score (nSPS) is 22.8. The molecule has 0 radical (unpaired) electrons. The molecule has 1 N–H and O–H groups in total. The molecule has 1 unspecified atom stereocenters. The fourth-order valence-corrected chi connectivity index (χ4v) is 7.76. The van der Waals surface area contributed by atoms with Crippen molar-refractivity contribution >= 4 is 15.7 Å². The van der Waals surface area contributed by atoms with Crippen molar-refractivity contribution < 1.29 is 32.6 Å². The van der Waals surface area contributed by atoms with Gasteiger partial charge < -0.3 is 37.4 Å². The lowest BCUT2D eigenvalue weighted by Crippen LogP contribution is -2.48. The molecule has 1 aromatic rings. The SMILES string of the molecule is [C-]#[N+]CCOP(O[C@@H]1[C@@H]([C@H](OCC(C)C)[C@H](C)P(C)(C)=O)O[C@@H](n2cc(C)c(=O)[nH]c2=O)[C@@H]1OCCOC)N(C(C)C)C(C)C. The Morgan fingerprint density at radius 3 is 2.27 bits per heavy atom. The van der Waals surface area contributed by atoms with Gasteiger partial charge in [-0.3, -0.25) is 14.3 Å². The fourth-order valence-electron chi connectivity index (χ4n) is 5.05. The number of rotatable bonds is 19. The van der Waals surface area contributed by atoms with Gasteiger partial charge in [-0.1, -0.05) is 20.8 Å². The minimum Gasteiger partial charge on any atom is -0.382 e. The van der Waals surface area contributed by atoms with E-state index in [4.69, 9.17) is 34.6 Å². The van der Waals surface area contributed by atoms with Gasteiger partial charge in [-0.15, -0.1) is 0 Å². The molecule has 0 saturated carbocycles. The van der Waals surface area contributed by atoms with Gasteiger partial charge in [0.1, 0.15) is 24.9 Å². The number of nitrogens with one attached hydrogen (secondary N) is 1. The van der Waals surface area contributed by atoms with Crippen LogP contribution in [0.15, 0.2) is 15.8 Å². The number of hydrogen-bond donors (Lipinski definition) is 1. The molecule has 1 aromatic heterocycles. The standard InChI is InChI=1S/C30H54N4O9P2/c1-19(2)18-40-24(23(8)45(11,12)37)25-26(43-44(41-14-13-31-9)34(20(3)4)21(5)6)27(39-16-15-38-10)29(42-25)33-17-22(7)28(35)32-30(33)36/h17,19-21,23-27,29H,13-16,18H2,1-8,10-12H3,(H,32,35,36)/t23-,24+,25+,26+,27+,29+,44?/m0/s1. The highest BCUT2D eigenvalue weighted by Crippen LogP contribution is 2.53. The lowest BCUT2D eigenvalue weighted by molar-refractivity contribution is -0.113. The molecule has 2 heterocycles. The van der Waals surface area contributed by atoms with E-state index in [0.29, 0.717) is 12.2 Å². The van der Waals surface area contributed by atoms with E-state index in [1.807, 2.05) is 48.5 Å². The number of methoxy groups -OCH3 is 1. The topological polar surface area (TPSA) is 135 Å². The molecule has 1 aliphatic rings. The molecule has 7 atom stereocenters. The summed E-state index contributed by atoms with van der Waals surface area (Å²) in [6.07, 6.45) is -2.89. The van der Waals surface area contributed by atoms with Crippen molar-refractivity contribution in [2.75, 3.05) is 53.4 Å². The summed E-state index contributed by atoms with van der Waals surface area (Å²) in [4.78, 5) is 31.3. The number of hydrogen-bond acceptors (Lipinski definition) is 10. The van der Waals surface area contributed by atoms with E-state index < -0.39 is 63.2 Å². The predicted octanol–water partition coefficient (Wildman–Crippen LogP) is 4.49. The Bertz CT molecular complexity index is 1250. The lowest BCUT2D eigenvalue weighted by Gasteiger charge is -2.40. The summed E-state index contributed by atoms with van der Waals surface area (Å²) >= 11 is 0. The first kappa shape index (κ1) is 39.7. The van der Waals surface area contributed by atoms with Crippen LogP contribution in [0.1, 0.15) is 60.3 Å². The van der Waals surface area contributed by atoms with E-state index >= 15 is 0 Å². The van der Waals surface area contributed by atoms with Gasteiger partial charge in [-0.2, -0.15) is 0 Å². The summed E-state index contributed by atoms with van der Waals surface area (Å²) in [6, 6.07) is 0.0488. The minimum atomic E-state index is -2.73. The van der Waals surface area contributed by atoms with Crippen molar-refractivity contribution in [1.29, 1.82) is 0 Å². The van der Waals surface area contributed by atoms with Gasteiger partial charge in [0.25, 0.3) is 14.1 Å². The fraction of sp³-hybridized carbons (Fsp3) is 0.833. The first-order valence-electron chi connectivity index (χ1n) is 15.5. The van der Waals surface area contributed by atoms with Crippen LogP contribution >= 0.6 is 15.7 Å². The van der Waals surface area contributed by atoms with Crippen molar-refractivity contribution in [1.82, 2.24) is 14.2 Å². The molecule has 1 aliphatic heterocycles. The van der Waals surface area contributed by atoms with Crippen LogP contribution in [-0.4, -0.2) is 110 Å². The number of aromatic amines is 1. The molecular formula is C30H54N4O9P2. The highest BCUT2D eigenvalue weighted by molar-refractivity contribution is 7.63. The zero-order chi connectivity index (χ0) is 34.1. The van der Waals surface area contributed by atoms with Crippen LogP contribution in [0.4, 0.5) is 0 Å². The van der Waals surface area contributed by atoms with Gasteiger partial charge in [0.05, 0.1) is 26.5 Å². The highest BCUT2D eigenvalue weighted by atomic mass is 31.2. The van der Waals surface area contributed by atoms with Gasteiger partial charge in [-0.25, -0.2) is 16.0 Å². The summed E-state index contributed by atoms with van der Waals surface area (Å²) < 4.78 is 55.0. The molecule has 0 aromatic carbocycles. The lowest BCUT2D eigenvalue weighted by atomic mass is 10.0. The number of aryl methyl sites for hydroxylation is 1. The zero-order valence-electron chi connectivity index (χ0n) is 28.7. The highest BCUT2D eigenvalue weighted by Gasteiger charge is 2.55. The number of ether oxygens (including phenoxy) is 4. The van der Waals surface area contributed by atoms with Gasteiger partial charge in [-0.05, 0) is 53.9 Å². The molecule has 2 rings (SSSR count). The maximum absolute atomic E-state index is 13.6. The summed E-state index contributed by atoms with van der Waals surface area (Å²) in [7, 11) is -2.94. The average molecular weight is 677 g/mol. The maximum atomic E-state index is 13.6. The van der Waals surface area contributed by atoms with Crippen LogP contribution in [0.5, 0.6) is 0 Å². The number of aromatic nitrogens is 2. The smallest absolute Gasteiger partial charge is 0.330 e. The molecule has 13 nitrogen and oxygen atoms in total. The molecule has 258 valence electrons. The monoisotopic (exact) mass is 676 g/mol. The molecule has 0 spiro atoms. The second-order valence-corrected chi connectivity index (χ2v) is 17.8. The largest absolute Gasteiger partial charge is 0.382 e. The average Bonchev–Trinajstić information content (AvgIpc) is 3.27. The van der Waals surface area contributed by atoms with Crippen LogP contribution in [0.25, 0.3) is 4.85 Å². The Balaban J connectivity index is 2.80. The van der Waals surface area contributed by atoms with Crippen LogP contribution in [0, 0.1) is 19.4 Å². The second kappa shape index (κ2) is 18.2. The third-order valence-corrected chi connectivity index (χ3v) is 11.9. The molecule has 0 amide bonds. The van der Waals surface area contributed by atoms with Gasteiger partial charge in [0.15, 0.2) is 6.23 Å². The van der Waals surface area contributed by atoms with Gasteiger partial charge >= 0.3 is 5.69 Å². The zero-order valence-corrected chi connectivity index (χ0v) is 30.5. The van der Waals surface area contributed by atoms with E-state index in [1.165, 1.54) is 10.8 Å². The molecule has 0 aliphatic carbocycles. The third-order valence-electron chi connectivity index (χ3n) is 7.51. The maximum Gasteiger partial charge on any atom is 0.330 e. The van der Waals surface area contributed by atoms with E-state index in [9.17, 15) is 14.2 Å². The van der Waals surface area contributed by atoms with E-state index in [1.54, 1.807) is 27.4 Å². The molecule has 0 bridgehead atoms. The number of H-pyrrole nitrogens is 1. The Hall–Kier alpha value is -1.45. The van der Waals surface area contributed by atoms with Crippen LogP contribution < -0.4 is 11.2 Å². The van der Waals surface area contributed by atoms with Gasteiger partial charge in [0, 0.05) is 43.2 Å². The van der Waals surface area contributed by atoms with Crippen LogP contribution in [0.3, 0.4) is 0 Å². The van der Waals surface area contributed by atoms with Crippen molar-refractivity contribution in [2.45, 2.75) is 104 Å². The molecule has 1 fully saturated rings. The van der Waals surface area contributed by atoms with Crippen molar-refractivity contribution in [3.63, 3.8) is 0 Å². The Kier molecular flexibility index (Phi) is 16.1. The van der Waals surface area contributed by atoms with Crippen molar-refractivity contribution in [2.24, 2.45) is 5.92 Å². The molecule has 15 heteroatoms. The molecular weight excluding hydrogens is 622 g/mol. The summed E-state index contributed by atoms with van der Waals surface area (Å²) in [6.45, 7) is 27.5. The summed E-state index contributed by atoms with van der Waals surface area (Å²) in [5.41, 5.74) is -1.29. The van der Waals surface area contributed by atoms with Gasteiger partial charge in [0.2, 0.25) is 6.54 Å².